The van der Waals surface area contributed by atoms with Crippen LogP contribution in [0.5, 0.6) is 11.5 Å². The van der Waals surface area contributed by atoms with Crippen molar-refractivity contribution in [2.24, 2.45) is 10.2 Å². The average Bonchev–Trinajstić information content (AvgIpc) is 3.01. The predicted molar refractivity (Wildman–Crippen MR) is 74.0 cm³/mol. The molecule has 1 aromatic rings. The van der Waals surface area contributed by atoms with Gasteiger partial charge in [-0.15, -0.1) is 0 Å². The van der Waals surface area contributed by atoms with Gasteiger partial charge in [0.25, 0.3) is 5.91 Å². The Morgan fingerprint density at radius 1 is 1.30 bits per heavy atom. The van der Waals surface area contributed by atoms with Crippen LogP contribution in [0.25, 0.3) is 0 Å². The summed E-state index contributed by atoms with van der Waals surface area (Å²) in [6, 6.07) is 5.22. The zero-order valence-electron chi connectivity index (χ0n) is 11.5. The van der Waals surface area contributed by atoms with Crippen molar-refractivity contribution in [3.8, 4) is 11.5 Å². The molecule has 1 aliphatic heterocycles. The van der Waals surface area contributed by atoms with Gasteiger partial charge < -0.3 is 14.8 Å². The summed E-state index contributed by atoms with van der Waals surface area (Å²) >= 11 is 0. The van der Waals surface area contributed by atoms with E-state index in [1.54, 1.807) is 20.3 Å². The Morgan fingerprint density at radius 2 is 2.10 bits per heavy atom. The van der Waals surface area contributed by atoms with Gasteiger partial charge in [-0.05, 0) is 30.2 Å². The molecule has 1 aliphatic rings. The third-order valence-electron chi connectivity index (χ3n) is 2.96. The number of nitrogens with zero attached hydrogens (tertiary/aromatic N) is 2. The Bertz CT molecular complexity index is 528. The molecule has 0 spiro atoms. The monoisotopic (exact) mass is 275 g/mol. The second kappa shape index (κ2) is 6.70. The molecule has 1 aromatic carbocycles. The molecule has 0 aromatic heterocycles. The average molecular weight is 275 g/mol. The summed E-state index contributed by atoms with van der Waals surface area (Å²) in [5.41, 5.74) is 1.06. The molecule has 6 heteroatoms. The maximum absolute atomic E-state index is 11.7. The summed E-state index contributed by atoms with van der Waals surface area (Å²) in [7, 11) is 3.20. The fourth-order valence-corrected chi connectivity index (χ4v) is 1.88. The second-order valence-electron chi connectivity index (χ2n) is 4.25. The Balaban J connectivity index is 1.86. The van der Waals surface area contributed by atoms with Gasteiger partial charge in [-0.2, -0.15) is 10.2 Å². The molecule has 0 fully saturated rings. The molecule has 0 radical (unpaired) electrons. The van der Waals surface area contributed by atoms with Crippen molar-refractivity contribution in [1.82, 2.24) is 5.32 Å². The third-order valence-corrected chi connectivity index (χ3v) is 2.96. The smallest absolute Gasteiger partial charge is 0.250 e. The number of amides is 1. The van der Waals surface area contributed by atoms with Gasteiger partial charge in [0.1, 0.15) is 0 Å². The van der Waals surface area contributed by atoms with Gasteiger partial charge in [-0.25, -0.2) is 0 Å². The van der Waals surface area contributed by atoms with Crippen LogP contribution >= 0.6 is 0 Å². The lowest BCUT2D eigenvalue weighted by molar-refractivity contribution is -0.121. The van der Waals surface area contributed by atoms with Crippen molar-refractivity contribution in [2.75, 3.05) is 20.8 Å². The first-order valence-corrected chi connectivity index (χ1v) is 6.30. The lowest BCUT2D eigenvalue weighted by Gasteiger charge is -2.10. The summed E-state index contributed by atoms with van der Waals surface area (Å²) in [6.45, 7) is 0.536. The highest BCUT2D eigenvalue weighted by Crippen LogP contribution is 2.27. The summed E-state index contributed by atoms with van der Waals surface area (Å²) in [4.78, 5) is 11.7. The molecule has 2 rings (SSSR count). The molecule has 1 amide bonds. The standard InChI is InChI=1S/C14H17N3O3/c1-19-12-4-3-10(9-13(12)20-2)5-7-15-14(18)11-6-8-16-17-11/h3-4,6,8-9,11H,5,7H2,1-2H3,(H,15,18)/t11-/m1/s1. The highest BCUT2D eigenvalue weighted by atomic mass is 16.5. The topological polar surface area (TPSA) is 72.3 Å². The van der Waals surface area contributed by atoms with Crippen molar-refractivity contribution in [2.45, 2.75) is 12.5 Å². The SMILES string of the molecule is COc1ccc(CCNC(=O)[C@H]2C=CN=N2)cc1OC. The van der Waals surface area contributed by atoms with Gasteiger partial charge in [0.2, 0.25) is 0 Å². The van der Waals surface area contributed by atoms with Crippen LogP contribution in [0.1, 0.15) is 5.56 Å². The van der Waals surface area contributed by atoms with Crippen LogP contribution in [0.3, 0.4) is 0 Å². The fourth-order valence-electron chi connectivity index (χ4n) is 1.88. The lowest BCUT2D eigenvalue weighted by atomic mass is 10.1. The Hall–Kier alpha value is -2.37. The molecule has 0 aliphatic carbocycles. The number of benzene rings is 1. The first kappa shape index (κ1) is 14.0. The van der Waals surface area contributed by atoms with E-state index >= 15 is 0 Å². The van der Waals surface area contributed by atoms with Gasteiger partial charge in [0.15, 0.2) is 17.5 Å². The van der Waals surface area contributed by atoms with Crippen molar-refractivity contribution in [1.29, 1.82) is 0 Å². The van der Waals surface area contributed by atoms with E-state index in [1.807, 2.05) is 18.2 Å². The molecule has 20 heavy (non-hydrogen) atoms. The number of hydrogen-bond donors (Lipinski definition) is 1. The van der Waals surface area contributed by atoms with Crippen LogP contribution in [0.4, 0.5) is 0 Å². The number of hydrogen-bond acceptors (Lipinski definition) is 5. The molecule has 106 valence electrons. The van der Waals surface area contributed by atoms with E-state index in [0.29, 0.717) is 24.5 Å². The highest BCUT2D eigenvalue weighted by Gasteiger charge is 2.16. The third kappa shape index (κ3) is 3.34. The maximum atomic E-state index is 11.7. The Kier molecular flexibility index (Phi) is 4.70. The highest BCUT2D eigenvalue weighted by molar-refractivity contribution is 5.84. The largest absolute Gasteiger partial charge is 0.493 e. The lowest BCUT2D eigenvalue weighted by Crippen LogP contribution is -2.33. The van der Waals surface area contributed by atoms with E-state index in [-0.39, 0.29) is 5.91 Å². The normalized spacial score (nSPS) is 16.2. The van der Waals surface area contributed by atoms with E-state index in [4.69, 9.17) is 9.47 Å². The zero-order valence-corrected chi connectivity index (χ0v) is 11.5. The first-order valence-electron chi connectivity index (χ1n) is 6.30. The minimum Gasteiger partial charge on any atom is -0.493 e. The summed E-state index contributed by atoms with van der Waals surface area (Å²) < 4.78 is 10.4. The van der Waals surface area contributed by atoms with Crippen LogP contribution in [0.15, 0.2) is 40.7 Å². The quantitative estimate of drug-likeness (QED) is 0.859. The Morgan fingerprint density at radius 3 is 2.75 bits per heavy atom. The molecule has 0 bridgehead atoms. The molecule has 0 saturated heterocycles. The van der Waals surface area contributed by atoms with Gasteiger partial charge in [-0.3, -0.25) is 4.79 Å². The van der Waals surface area contributed by atoms with E-state index < -0.39 is 6.04 Å². The van der Waals surface area contributed by atoms with Crippen molar-refractivity contribution in [3.05, 3.63) is 36.0 Å². The number of rotatable bonds is 6. The van der Waals surface area contributed by atoms with E-state index in [9.17, 15) is 4.79 Å². The summed E-state index contributed by atoms with van der Waals surface area (Å²) in [6.07, 6.45) is 3.89. The van der Waals surface area contributed by atoms with Gasteiger partial charge in [-0.1, -0.05) is 6.07 Å². The second-order valence-corrected chi connectivity index (χ2v) is 4.25. The predicted octanol–water partition coefficient (Wildman–Crippen LogP) is 1.71. The molecular formula is C14H17N3O3. The maximum Gasteiger partial charge on any atom is 0.250 e. The number of carbonyl (C=O) groups is 1. The number of carbonyl (C=O) groups excluding carboxylic acids is 1. The van der Waals surface area contributed by atoms with Crippen molar-refractivity contribution in [3.63, 3.8) is 0 Å². The molecule has 1 heterocycles. The summed E-state index contributed by atoms with van der Waals surface area (Å²) in [5.74, 6) is 1.24. The summed E-state index contributed by atoms with van der Waals surface area (Å²) in [5, 5.41) is 10.2. The number of azo groups is 1. The molecule has 0 saturated carbocycles. The van der Waals surface area contributed by atoms with Crippen LogP contribution < -0.4 is 14.8 Å². The van der Waals surface area contributed by atoms with Crippen LogP contribution in [-0.4, -0.2) is 32.7 Å². The van der Waals surface area contributed by atoms with Crippen LogP contribution in [0, 0.1) is 0 Å². The minimum absolute atomic E-state index is 0.136. The molecule has 1 atom stereocenters. The van der Waals surface area contributed by atoms with Gasteiger partial charge in [0, 0.05) is 12.7 Å². The van der Waals surface area contributed by atoms with Gasteiger partial charge in [0.05, 0.1) is 14.2 Å². The van der Waals surface area contributed by atoms with E-state index in [1.165, 1.54) is 6.20 Å². The minimum atomic E-state index is -0.486. The van der Waals surface area contributed by atoms with Crippen molar-refractivity contribution >= 4 is 5.91 Å². The first-order chi connectivity index (χ1) is 9.74. The molecular weight excluding hydrogens is 258 g/mol. The van der Waals surface area contributed by atoms with Crippen LogP contribution in [-0.2, 0) is 11.2 Å². The number of nitrogens with one attached hydrogen (secondary N) is 1. The fraction of sp³-hybridized carbons (Fsp3) is 0.357. The number of methoxy groups -OCH3 is 2. The number of ether oxygens (including phenoxy) is 2. The van der Waals surface area contributed by atoms with E-state index in [0.717, 1.165) is 5.56 Å². The van der Waals surface area contributed by atoms with Crippen LogP contribution in [0.2, 0.25) is 0 Å². The van der Waals surface area contributed by atoms with E-state index in [2.05, 4.69) is 15.5 Å². The molecule has 6 nitrogen and oxygen atoms in total. The molecule has 1 N–H and O–H groups in total. The molecule has 0 unspecified atom stereocenters. The zero-order chi connectivity index (χ0) is 14.4. The van der Waals surface area contributed by atoms with Gasteiger partial charge >= 0.3 is 0 Å². The van der Waals surface area contributed by atoms with Crippen molar-refractivity contribution < 1.29 is 14.3 Å². The Labute approximate surface area is 117 Å².